The van der Waals surface area contributed by atoms with E-state index in [2.05, 4.69) is 3.50 Å². The molecule has 0 aliphatic carbocycles. The van der Waals surface area contributed by atoms with Crippen LogP contribution in [0.2, 0.25) is 0 Å². The van der Waals surface area contributed by atoms with Crippen LogP contribution in [-0.4, -0.2) is 0 Å². The average Bonchev–Trinajstić information content (AvgIpc) is 1.88. The van der Waals surface area contributed by atoms with E-state index in [4.69, 9.17) is 18.8 Å². The molecule has 0 spiro atoms. The molecule has 54 valence electrons. The maximum absolute atomic E-state index is 5.61. The summed E-state index contributed by atoms with van der Waals surface area (Å²) in [5.74, 6) is 0. The van der Waals surface area contributed by atoms with Crippen LogP contribution in [0.25, 0.3) is 0 Å². The third-order valence-corrected chi connectivity index (χ3v) is 3.31. The molecule has 0 saturated carbocycles. The fraction of sp³-hybridized carbons (Fsp3) is 0. The Morgan fingerprint density at radius 1 is 1.10 bits per heavy atom. The summed E-state index contributed by atoms with van der Waals surface area (Å²) in [5.41, 5.74) is 0.890. The van der Waals surface area contributed by atoms with Crippen molar-refractivity contribution in [1.82, 2.24) is 0 Å². The number of hydrogen-bond donors (Lipinski definition) is 0. The Kier molecular flexibility index (Phi) is 3.54. The molecule has 1 nitrogen and oxygen atoms in total. The van der Waals surface area contributed by atoms with Crippen LogP contribution >= 0.6 is 18.8 Å². The molecule has 0 amide bonds. The van der Waals surface area contributed by atoms with E-state index in [0.717, 1.165) is 5.69 Å². The maximum atomic E-state index is 5.61. The first-order chi connectivity index (χ1) is 4.79. The average molecular weight is 346 g/mol. The third-order valence-electron chi connectivity index (χ3n) is 0.931. The number of rotatable bonds is 1. The number of hydrogen-bond acceptors (Lipinski definition) is 1. The molecule has 0 saturated heterocycles. The number of halogens is 2. The third kappa shape index (κ3) is 2.92. The fourth-order valence-corrected chi connectivity index (χ4v) is 2.88. The number of nitrogens with zero attached hydrogens (tertiary/aromatic N) is 1. The Morgan fingerprint density at radius 3 is 2.20 bits per heavy atom. The van der Waals surface area contributed by atoms with Gasteiger partial charge >= 0.3 is 73.4 Å². The topological polar surface area (TPSA) is 12.4 Å². The minimum atomic E-state index is -2.29. The first-order valence-electron chi connectivity index (χ1n) is 2.63. The molecule has 1 aromatic carbocycles. The standard InChI is InChI=1S/C6H5N.2ClH.W/c7-6-4-2-1-3-5-6;;;/h1-5H;2*1H;/q;;;+2/p-2. The summed E-state index contributed by atoms with van der Waals surface area (Å²) in [6.07, 6.45) is 0. The monoisotopic (exact) mass is 345 g/mol. The molecule has 1 rings (SSSR count). The molecule has 0 aromatic heterocycles. The van der Waals surface area contributed by atoms with Crippen LogP contribution in [0.1, 0.15) is 0 Å². The zero-order valence-corrected chi connectivity index (χ0v) is 9.44. The molecule has 0 aliphatic rings. The minimum absolute atomic E-state index is 0.890. The first-order valence-corrected chi connectivity index (χ1v) is 11.2. The van der Waals surface area contributed by atoms with Gasteiger partial charge in [-0.2, -0.15) is 0 Å². The molecule has 0 N–H and O–H groups in total. The summed E-state index contributed by atoms with van der Waals surface area (Å²) in [5, 5.41) is 0. The summed E-state index contributed by atoms with van der Waals surface area (Å²) in [4.78, 5) is 0. The van der Waals surface area contributed by atoms with E-state index in [1.807, 2.05) is 30.3 Å². The predicted molar refractivity (Wildman–Crippen MR) is 40.2 cm³/mol. The zero-order valence-electron chi connectivity index (χ0n) is 5.00. The quantitative estimate of drug-likeness (QED) is 0.739. The molecule has 0 heterocycles. The van der Waals surface area contributed by atoms with Crippen molar-refractivity contribution in [2.24, 2.45) is 3.50 Å². The number of benzene rings is 1. The Balaban J connectivity index is 2.87. The van der Waals surface area contributed by atoms with Crippen LogP contribution in [0.3, 0.4) is 0 Å². The second-order valence-corrected chi connectivity index (χ2v) is 9.77. The molecule has 0 radical (unpaired) electrons. The van der Waals surface area contributed by atoms with E-state index in [1.165, 1.54) is 0 Å². The Morgan fingerprint density at radius 2 is 1.70 bits per heavy atom. The molecule has 4 heteroatoms. The zero-order chi connectivity index (χ0) is 7.40. The summed E-state index contributed by atoms with van der Waals surface area (Å²) in [6.45, 7) is 0. The molecule has 0 atom stereocenters. The van der Waals surface area contributed by atoms with Gasteiger partial charge in [0.25, 0.3) is 0 Å². The first kappa shape index (κ1) is 8.39. The van der Waals surface area contributed by atoms with E-state index in [-0.39, 0.29) is 0 Å². The Bertz CT molecular complexity index is 231. The van der Waals surface area contributed by atoms with E-state index in [9.17, 15) is 0 Å². The van der Waals surface area contributed by atoms with Crippen molar-refractivity contribution >= 4 is 24.5 Å². The summed E-state index contributed by atoms with van der Waals surface area (Å²) >= 11 is -2.29. The van der Waals surface area contributed by atoms with Gasteiger partial charge in [0, 0.05) is 0 Å². The van der Waals surface area contributed by atoms with E-state index in [1.54, 1.807) is 0 Å². The van der Waals surface area contributed by atoms with Crippen molar-refractivity contribution in [3.8, 4) is 0 Å². The van der Waals surface area contributed by atoms with Crippen LogP contribution in [0.15, 0.2) is 33.8 Å². The van der Waals surface area contributed by atoms with Crippen molar-refractivity contribution < 1.29 is 15.0 Å². The van der Waals surface area contributed by atoms with Gasteiger partial charge in [0.05, 0.1) is 0 Å². The summed E-state index contributed by atoms with van der Waals surface area (Å²) in [7, 11) is 11.2. The molecule has 0 aliphatic heterocycles. The van der Waals surface area contributed by atoms with Gasteiger partial charge in [-0.05, 0) is 0 Å². The van der Waals surface area contributed by atoms with Crippen LogP contribution in [-0.2, 0) is 15.0 Å². The predicted octanol–water partition coefficient (Wildman–Crippen LogP) is 3.43. The summed E-state index contributed by atoms with van der Waals surface area (Å²) < 4.78 is 4.08. The molecular weight excluding hydrogens is 341 g/mol. The molecule has 0 unspecified atom stereocenters. The molecule has 0 bridgehead atoms. The molecular formula is C6H5Cl2NW. The van der Waals surface area contributed by atoms with Crippen molar-refractivity contribution in [2.45, 2.75) is 0 Å². The van der Waals surface area contributed by atoms with Gasteiger partial charge in [0.2, 0.25) is 0 Å². The normalized spacial score (nSPS) is 9.90. The summed E-state index contributed by atoms with van der Waals surface area (Å²) in [6, 6.07) is 9.55. The van der Waals surface area contributed by atoms with Crippen LogP contribution < -0.4 is 0 Å². The van der Waals surface area contributed by atoms with Crippen LogP contribution in [0.4, 0.5) is 5.69 Å². The van der Waals surface area contributed by atoms with Gasteiger partial charge in [-0.15, -0.1) is 0 Å². The van der Waals surface area contributed by atoms with Crippen molar-refractivity contribution in [3.05, 3.63) is 30.3 Å². The molecule has 10 heavy (non-hydrogen) atoms. The van der Waals surface area contributed by atoms with E-state index >= 15 is 0 Å². The van der Waals surface area contributed by atoms with Crippen molar-refractivity contribution in [1.29, 1.82) is 0 Å². The van der Waals surface area contributed by atoms with Crippen molar-refractivity contribution in [3.63, 3.8) is 0 Å². The van der Waals surface area contributed by atoms with E-state index in [0.29, 0.717) is 0 Å². The van der Waals surface area contributed by atoms with Gasteiger partial charge in [-0.25, -0.2) is 0 Å². The van der Waals surface area contributed by atoms with Gasteiger partial charge in [0.15, 0.2) is 0 Å². The van der Waals surface area contributed by atoms with Gasteiger partial charge < -0.3 is 0 Å². The van der Waals surface area contributed by atoms with Gasteiger partial charge in [0.1, 0.15) is 0 Å². The fourth-order valence-electron chi connectivity index (χ4n) is 0.569. The Labute approximate surface area is 73.2 Å². The van der Waals surface area contributed by atoms with Gasteiger partial charge in [-0.3, -0.25) is 0 Å². The SMILES string of the molecule is [Cl][W]([Cl])=[N]c1ccccc1. The van der Waals surface area contributed by atoms with Crippen molar-refractivity contribution in [2.75, 3.05) is 0 Å². The van der Waals surface area contributed by atoms with Gasteiger partial charge in [-0.1, -0.05) is 0 Å². The molecule has 1 aromatic rings. The Hall–Kier alpha value is 0.288. The second-order valence-electron chi connectivity index (χ2n) is 1.62. The van der Waals surface area contributed by atoms with Crippen LogP contribution in [0, 0.1) is 0 Å². The van der Waals surface area contributed by atoms with Crippen LogP contribution in [0.5, 0.6) is 0 Å². The second kappa shape index (κ2) is 4.23. The molecule has 0 fully saturated rings. The van der Waals surface area contributed by atoms with E-state index < -0.39 is 15.0 Å².